The molecule has 0 aliphatic heterocycles. The zero-order valence-corrected chi connectivity index (χ0v) is 10.8. The van der Waals surface area contributed by atoms with Crippen LogP contribution in [0.25, 0.3) is 0 Å². The van der Waals surface area contributed by atoms with E-state index in [0.29, 0.717) is 5.56 Å². The summed E-state index contributed by atoms with van der Waals surface area (Å²) < 4.78 is 39.4. The van der Waals surface area contributed by atoms with Gasteiger partial charge in [0.2, 0.25) is 0 Å². The second-order valence-corrected chi connectivity index (χ2v) is 4.72. The van der Waals surface area contributed by atoms with Crippen LogP contribution in [0.1, 0.15) is 12.5 Å². The van der Waals surface area contributed by atoms with Crippen LogP contribution in [0.4, 0.5) is 18.9 Å². The highest BCUT2D eigenvalue weighted by molar-refractivity contribution is 5.46. The highest BCUT2D eigenvalue weighted by Gasteiger charge is 2.23. The first kappa shape index (κ1) is 14.4. The molecule has 0 aliphatic carbocycles. The van der Waals surface area contributed by atoms with Crippen LogP contribution in [0.2, 0.25) is 0 Å². The predicted molar refractivity (Wildman–Crippen MR) is 70.8 cm³/mol. The Morgan fingerprint density at radius 3 is 2.30 bits per heavy atom. The summed E-state index contributed by atoms with van der Waals surface area (Å²) >= 11 is 0. The molecule has 2 nitrogen and oxygen atoms in total. The molecule has 0 bridgehead atoms. The first-order valence-electron chi connectivity index (χ1n) is 6.07. The molecule has 0 heterocycles. The molecule has 0 saturated carbocycles. The Morgan fingerprint density at radius 1 is 1.00 bits per heavy atom. The van der Waals surface area contributed by atoms with Gasteiger partial charge < -0.3 is 10.4 Å². The van der Waals surface area contributed by atoms with Crippen LogP contribution < -0.4 is 5.32 Å². The minimum absolute atomic E-state index is 0.0427. The van der Waals surface area contributed by atoms with Gasteiger partial charge in [-0.2, -0.15) is 0 Å². The summed E-state index contributed by atoms with van der Waals surface area (Å²) in [5.41, 5.74) is -0.825. The van der Waals surface area contributed by atoms with Crippen molar-refractivity contribution < 1.29 is 18.3 Å². The molecular weight excluding hydrogens is 267 g/mol. The highest BCUT2D eigenvalue weighted by atomic mass is 19.2. The van der Waals surface area contributed by atoms with Crippen LogP contribution in [0.3, 0.4) is 0 Å². The fourth-order valence-corrected chi connectivity index (χ4v) is 1.83. The number of anilines is 1. The minimum atomic E-state index is -1.53. The van der Waals surface area contributed by atoms with E-state index in [0.717, 1.165) is 12.1 Å². The van der Waals surface area contributed by atoms with Crippen LogP contribution in [-0.2, 0) is 5.60 Å². The van der Waals surface area contributed by atoms with Crippen LogP contribution in [0.5, 0.6) is 0 Å². The SMILES string of the molecule is CC(O)(CNc1ccc(F)c(F)c1F)c1ccccc1. The lowest BCUT2D eigenvalue weighted by Crippen LogP contribution is -2.31. The zero-order chi connectivity index (χ0) is 14.8. The lowest BCUT2D eigenvalue weighted by Gasteiger charge is -2.25. The van der Waals surface area contributed by atoms with Gasteiger partial charge in [-0.3, -0.25) is 0 Å². The molecule has 0 amide bonds. The van der Waals surface area contributed by atoms with Crippen molar-refractivity contribution in [2.24, 2.45) is 0 Å². The highest BCUT2D eigenvalue weighted by Crippen LogP contribution is 2.24. The summed E-state index contributed by atoms with van der Waals surface area (Å²) in [6.07, 6.45) is 0. The molecule has 0 saturated heterocycles. The van der Waals surface area contributed by atoms with E-state index in [1.807, 2.05) is 6.07 Å². The molecule has 1 unspecified atom stereocenters. The largest absolute Gasteiger partial charge is 0.384 e. The Balaban J connectivity index is 2.15. The van der Waals surface area contributed by atoms with Gasteiger partial charge in [0.05, 0.1) is 5.69 Å². The van der Waals surface area contributed by atoms with Crippen molar-refractivity contribution in [1.82, 2.24) is 0 Å². The molecule has 5 heteroatoms. The van der Waals surface area contributed by atoms with Gasteiger partial charge in [0.1, 0.15) is 5.60 Å². The third-order valence-electron chi connectivity index (χ3n) is 3.05. The van der Waals surface area contributed by atoms with Crippen LogP contribution >= 0.6 is 0 Å². The van der Waals surface area contributed by atoms with E-state index in [4.69, 9.17) is 0 Å². The molecule has 106 valence electrons. The van der Waals surface area contributed by atoms with Gasteiger partial charge in [0.15, 0.2) is 17.5 Å². The van der Waals surface area contributed by atoms with Gasteiger partial charge in [-0.15, -0.1) is 0 Å². The van der Waals surface area contributed by atoms with Gasteiger partial charge in [0, 0.05) is 6.54 Å². The first-order chi connectivity index (χ1) is 9.42. The molecule has 0 aliphatic rings. The summed E-state index contributed by atoms with van der Waals surface area (Å²) in [7, 11) is 0. The second kappa shape index (κ2) is 5.54. The van der Waals surface area contributed by atoms with Crippen molar-refractivity contribution >= 4 is 5.69 Å². The Kier molecular flexibility index (Phi) is 3.99. The number of aliphatic hydroxyl groups is 1. The molecule has 0 fully saturated rings. The maximum Gasteiger partial charge on any atom is 0.196 e. The van der Waals surface area contributed by atoms with Gasteiger partial charge in [-0.1, -0.05) is 30.3 Å². The number of halogens is 3. The molecule has 1 atom stereocenters. The van der Waals surface area contributed by atoms with Crippen molar-refractivity contribution in [2.75, 3.05) is 11.9 Å². The molecule has 20 heavy (non-hydrogen) atoms. The van der Waals surface area contributed by atoms with E-state index in [1.54, 1.807) is 31.2 Å². The lowest BCUT2D eigenvalue weighted by atomic mass is 9.96. The zero-order valence-electron chi connectivity index (χ0n) is 10.8. The van der Waals surface area contributed by atoms with E-state index in [2.05, 4.69) is 5.32 Å². The summed E-state index contributed by atoms with van der Waals surface area (Å²) in [5.74, 6) is -4.08. The molecule has 2 aromatic carbocycles. The Labute approximate surface area is 114 Å². The fraction of sp³-hybridized carbons (Fsp3) is 0.200. The Bertz CT molecular complexity index is 600. The summed E-state index contributed by atoms with van der Waals surface area (Å²) in [6.45, 7) is 1.51. The number of rotatable bonds is 4. The Hall–Kier alpha value is -2.01. The molecule has 2 N–H and O–H groups in total. The number of benzene rings is 2. The molecule has 2 aromatic rings. The average molecular weight is 281 g/mol. The summed E-state index contributed by atoms with van der Waals surface area (Å²) in [6, 6.07) is 10.7. The second-order valence-electron chi connectivity index (χ2n) is 4.72. The maximum atomic E-state index is 13.5. The Morgan fingerprint density at radius 2 is 1.65 bits per heavy atom. The smallest absolute Gasteiger partial charge is 0.196 e. The van der Waals surface area contributed by atoms with Crippen molar-refractivity contribution in [3.05, 3.63) is 65.5 Å². The lowest BCUT2D eigenvalue weighted by molar-refractivity contribution is 0.0714. The van der Waals surface area contributed by atoms with Crippen molar-refractivity contribution in [2.45, 2.75) is 12.5 Å². The molecule has 2 rings (SSSR count). The van der Waals surface area contributed by atoms with E-state index in [9.17, 15) is 18.3 Å². The predicted octanol–water partition coefficient (Wildman–Crippen LogP) is 3.42. The third-order valence-corrected chi connectivity index (χ3v) is 3.05. The van der Waals surface area contributed by atoms with Gasteiger partial charge >= 0.3 is 0 Å². The fourth-order valence-electron chi connectivity index (χ4n) is 1.83. The van der Waals surface area contributed by atoms with E-state index < -0.39 is 23.1 Å². The molecule has 0 spiro atoms. The summed E-state index contributed by atoms with van der Waals surface area (Å²) in [4.78, 5) is 0. The number of hydrogen-bond donors (Lipinski definition) is 2. The maximum absolute atomic E-state index is 13.5. The van der Waals surface area contributed by atoms with E-state index in [-0.39, 0.29) is 12.2 Å². The van der Waals surface area contributed by atoms with Gasteiger partial charge in [0.25, 0.3) is 0 Å². The normalized spacial score (nSPS) is 13.8. The molecular formula is C15H14F3NO. The topological polar surface area (TPSA) is 32.3 Å². The standard InChI is InChI=1S/C15H14F3NO/c1-15(20,10-5-3-2-4-6-10)9-19-12-8-7-11(16)13(17)14(12)18/h2-8,19-20H,9H2,1H3. The first-order valence-corrected chi connectivity index (χ1v) is 6.07. The number of nitrogens with one attached hydrogen (secondary N) is 1. The van der Waals surface area contributed by atoms with Gasteiger partial charge in [-0.05, 0) is 24.6 Å². The minimum Gasteiger partial charge on any atom is -0.384 e. The van der Waals surface area contributed by atoms with Crippen molar-refractivity contribution in [1.29, 1.82) is 0 Å². The number of hydrogen-bond acceptors (Lipinski definition) is 2. The molecule has 0 radical (unpaired) electrons. The van der Waals surface area contributed by atoms with Crippen LogP contribution in [-0.4, -0.2) is 11.7 Å². The van der Waals surface area contributed by atoms with Gasteiger partial charge in [-0.25, -0.2) is 13.2 Å². The van der Waals surface area contributed by atoms with E-state index in [1.165, 1.54) is 0 Å². The van der Waals surface area contributed by atoms with Crippen molar-refractivity contribution in [3.63, 3.8) is 0 Å². The quantitative estimate of drug-likeness (QED) is 0.842. The average Bonchev–Trinajstić information content (AvgIpc) is 2.45. The van der Waals surface area contributed by atoms with Crippen molar-refractivity contribution in [3.8, 4) is 0 Å². The third kappa shape index (κ3) is 2.93. The van der Waals surface area contributed by atoms with Crippen LogP contribution in [0, 0.1) is 17.5 Å². The molecule has 0 aromatic heterocycles. The van der Waals surface area contributed by atoms with Crippen LogP contribution in [0.15, 0.2) is 42.5 Å². The van der Waals surface area contributed by atoms with E-state index >= 15 is 0 Å². The monoisotopic (exact) mass is 281 g/mol. The summed E-state index contributed by atoms with van der Waals surface area (Å²) in [5, 5.41) is 12.9.